The minimum Gasteiger partial charge on any atom is -0.462 e. The maximum absolute atomic E-state index is 12.6. The first-order valence-corrected chi connectivity index (χ1v) is 8.19. The second-order valence-corrected chi connectivity index (χ2v) is 6.28. The normalized spacial score (nSPS) is 20.0. The number of amides is 3. The van der Waals surface area contributed by atoms with E-state index in [4.69, 9.17) is 4.74 Å². The molecule has 2 rings (SSSR count). The van der Waals surface area contributed by atoms with Gasteiger partial charge in [-0.1, -0.05) is 6.92 Å². The summed E-state index contributed by atoms with van der Waals surface area (Å²) in [6.45, 7) is 8.24. The van der Waals surface area contributed by atoms with Crippen LogP contribution in [0.2, 0.25) is 0 Å². The second-order valence-electron chi connectivity index (χ2n) is 6.28. The first-order chi connectivity index (χ1) is 11.7. The van der Waals surface area contributed by atoms with Crippen molar-refractivity contribution < 1.29 is 23.9 Å². The Kier molecular flexibility index (Phi) is 5.01. The summed E-state index contributed by atoms with van der Waals surface area (Å²) in [5, 5.41) is 2.60. The molecular formula is C17H23N3O5. The third kappa shape index (κ3) is 3.16. The van der Waals surface area contributed by atoms with Gasteiger partial charge < -0.3 is 15.0 Å². The Morgan fingerprint density at radius 3 is 2.36 bits per heavy atom. The summed E-state index contributed by atoms with van der Waals surface area (Å²) in [6.07, 6.45) is 0.426. The van der Waals surface area contributed by atoms with Crippen LogP contribution in [0, 0.1) is 13.8 Å². The highest BCUT2D eigenvalue weighted by atomic mass is 16.5. The number of Topliss-reactive ketones (excluding diaryl/α,β-unsaturated/α-hetero) is 1. The van der Waals surface area contributed by atoms with Crippen LogP contribution in [0.3, 0.4) is 0 Å². The van der Waals surface area contributed by atoms with Gasteiger partial charge in [0.05, 0.1) is 24.4 Å². The standard InChI is InChI=1S/C17H23N3O5/c1-6-17(5)15(23)20(16(24)19-17)8-11(21)13-9(3)12(10(4)18-13)14(22)25-7-2/h18H,6-8H2,1-5H3,(H,19,24)/t17-/m0/s1. The van der Waals surface area contributed by atoms with E-state index in [-0.39, 0.29) is 18.8 Å². The smallest absolute Gasteiger partial charge is 0.340 e. The van der Waals surface area contributed by atoms with Crippen molar-refractivity contribution in [3.63, 3.8) is 0 Å². The highest BCUT2D eigenvalue weighted by molar-refractivity contribution is 6.11. The molecule has 0 radical (unpaired) electrons. The highest BCUT2D eigenvalue weighted by Gasteiger charge is 2.47. The van der Waals surface area contributed by atoms with E-state index in [9.17, 15) is 19.2 Å². The molecule has 1 aromatic heterocycles. The molecule has 0 aromatic carbocycles. The molecular weight excluding hydrogens is 326 g/mol. The Bertz CT molecular complexity index is 752. The van der Waals surface area contributed by atoms with Crippen LogP contribution in [0.1, 0.15) is 59.3 Å². The van der Waals surface area contributed by atoms with Crippen molar-refractivity contribution in [1.82, 2.24) is 15.2 Å². The molecule has 0 bridgehead atoms. The van der Waals surface area contributed by atoms with Gasteiger partial charge in [0.25, 0.3) is 5.91 Å². The fraction of sp³-hybridized carbons (Fsp3) is 0.529. The lowest BCUT2D eigenvalue weighted by atomic mass is 9.99. The number of nitrogens with one attached hydrogen (secondary N) is 2. The zero-order chi connectivity index (χ0) is 18.9. The molecule has 25 heavy (non-hydrogen) atoms. The summed E-state index contributed by atoms with van der Waals surface area (Å²) in [7, 11) is 0. The molecule has 8 nitrogen and oxygen atoms in total. The molecule has 0 unspecified atom stereocenters. The largest absolute Gasteiger partial charge is 0.462 e. The lowest BCUT2D eigenvalue weighted by molar-refractivity contribution is -0.130. The van der Waals surface area contributed by atoms with Crippen LogP contribution in [-0.4, -0.2) is 52.3 Å². The number of rotatable bonds is 6. The van der Waals surface area contributed by atoms with Gasteiger partial charge in [-0.05, 0) is 39.7 Å². The molecule has 3 amide bonds. The Balaban J connectivity index is 2.25. The summed E-state index contributed by atoms with van der Waals surface area (Å²) in [5.41, 5.74) is 0.474. The van der Waals surface area contributed by atoms with E-state index < -0.39 is 29.2 Å². The number of ketones is 1. The fourth-order valence-corrected chi connectivity index (χ4v) is 2.89. The molecule has 0 spiro atoms. The number of aromatic amines is 1. The molecule has 136 valence electrons. The first kappa shape index (κ1) is 18.7. The van der Waals surface area contributed by atoms with Crippen molar-refractivity contribution in [2.45, 2.75) is 46.6 Å². The molecule has 1 aliphatic rings. The number of carbonyl (C=O) groups is 4. The number of hydrogen-bond acceptors (Lipinski definition) is 5. The van der Waals surface area contributed by atoms with Crippen LogP contribution < -0.4 is 5.32 Å². The number of esters is 1. The number of hydrogen-bond donors (Lipinski definition) is 2. The van der Waals surface area contributed by atoms with Crippen molar-refractivity contribution in [2.24, 2.45) is 0 Å². The molecule has 2 N–H and O–H groups in total. The van der Waals surface area contributed by atoms with Gasteiger partial charge in [-0.25, -0.2) is 9.59 Å². The molecule has 1 aromatic rings. The van der Waals surface area contributed by atoms with Crippen LogP contribution in [0.25, 0.3) is 0 Å². The lowest BCUT2D eigenvalue weighted by Crippen LogP contribution is -2.43. The van der Waals surface area contributed by atoms with E-state index in [0.29, 0.717) is 23.2 Å². The van der Waals surface area contributed by atoms with E-state index in [2.05, 4.69) is 10.3 Å². The molecule has 1 fully saturated rings. The van der Waals surface area contributed by atoms with Gasteiger partial charge in [0.2, 0.25) is 0 Å². The average molecular weight is 349 g/mol. The van der Waals surface area contributed by atoms with Crippen LogP contribution in [0.4, 0.5) is 4.79 Å². The Hall–Kier alpha value is -2.64. The van der Waals surface area contributed by atoms with Gasteiger partial charge in [-0.2, -0.15) is 0 Å². The monoisotopic (exact) mass is 349 g/mol. The van der Waals surface area contributed by atoms with Crippen molar-refractivity contribution >= 4 is 23.7 Å². The van der Waals surface area contributed by atoms with Crippen LogP contribution in [0.5, 0.6) is 0 Å². The number of ether oxygens (including phenoxy) is 1. The Labute approximate surface area is 145 Å². The number of H-pyrrole nitrogens is 1. The van der Waals surface area contributed by atoms with Crippen LogP contribution >= 0.6 is 0 Å². The van der Waals surface area contributed by atoms with E-state index in [1.54, 1.807) is 34.6 Å². The quantitative estimate of drug-likeness (QED) is 0.462. The zero-order valence-corrected chi connectivity index (χ0v) is 15.1. The third-order valence-electron chi connectivity index (χ3n) is 4.55. The summed E-state index contributed by atoms with van der Waals surface area (Å²) in [6, 6.07) is -0.589. The molecule has 1 atom stereocenters. The number of urea groups is 1. The summed E-state index contributed by atoms with van der Waals surface area (Å²) < 4.78 is 4.99. The molecule has 2 heterocycles. The minimum atomic E-state index is -0.992. The molecule has 1 aliphatic heterocycles. The third-order valence-corrected chi connectivity index (χ3v) is 4.55. The SMILES string of the molecule is CCOC(=O)c1c(C)[nH]c(C(=O)CN2C(=O)N[C@@](C)(CC)C2=O)c1C. The number of nitrogens with zero attached hydrogens (tertiary/aromatic N) is 1. The number of aromatic nitrogens is 1. The van der Waals surface area contributed by atoms with Crippen molar-refractivity contribution in [3.05, 3.63) is 22.5 Å². The number of imide groups is 1. The highest BCUT2D eigenvalue weighted by Crippen LogP contribution is 2.23. The maximum atomic E-state index is 12.6. The zero-order valence-electron chi connectivity index (χ0n) is 15.1. The van der Waals surface area contributed by atoms with Gasteiger partial charge in [-0.15, -0.1) is 0 Å². The van der Waals surface area contributed by atoms with Crippen LogP contribution in [0.15, 0.2) is 0 Å². The van der Waals surface area contributed by atoms with E-state index in [0.717, 1.165) is 4.90 Å². The number of aryl methyl sites for hydroxylation is 1. The van der Waals surface area contributed by atoms with Crippen molar-refractivity contribution in [2.75, 3.05) is 13.2 Å². The molecule has 8 heteroatoms. The predicted molar refractivity (Wildman–Crippen MR) is 89.5 cm³/mol. The van der Waals surface area contributed by atoms with Gasteiger partial charge in [0.15, 0.2) is 5.78 Å². The van der Waals surface area contributed by atoms with E-state index in [1.807, 2.05) is 0 Å². The summed E-state index contributed by atoms with van der Waals surface area (Å²) in [4.78, 5) is 52.8. The predicted octanol–water partition coefficient (Wildman–Crippen LogP) is 1.71. The maximum Gasteiger partial charge on any atom is 0.340 e. The first-order valence-electron chi connectivity index (χ1n) is 8.19. The minimum absolute atomic E-state index is 0.200. The number of carbonyl (C=O) groups excluding carboxylic acids is 4. The lowest BCUT2D eigenvalue weighted by Gasteiger charge is -2.18. The summed E-state index contributed by atoms with van der Waals surface area (Å²) in [5.74, 6) is -1.39. The van der Waals surface area contributed by atoms with Gasteiger partial charge >= 0.3 is 12.0 Å². The van der Waals surface area contributed by atoms with E-state index in [1.165, 1.54) is 0 Å². The van der Waals surface area contributed by atoms with Crippen molar-refractivity contribution in [3.8, 4) is 0 Å². The molecule has 0 aliphatic carbocycles. The summed E-state index contributed by atoms with van der Waals surface area (Å²) >= 11 is 0. The Morgan fingerprint density at radius 2 is 1.84 bits per heavy atom. The van der Waals surface area contributed by atoms with Gasteiger partial charge in [0, 0.05) is 5.69 Å². The van der Waals surface area contributed by atoms with Crippen LogP contribution in [-0.2, 0) is 9.53 Å². The van der Waals surface area contributed by atoms with E-state index >= 15 is 0 Å². The fourth-order valence-electron chi connectivity index (χ4n) is 2.89. The molecule has 0 saturated carbocycles. The van der Waals surface area contributed by atoms with Gasteiger partial charge in [0.1, 0.15) is 5.54 Å². The average Bonchev–Trinajstić information content (AvgIpc) is 2.96. The Morgan fingerprint density at radius 1 is 1.20 bits per heavy atom. The second kappa shape index (κ2) is 6.70. The van der Waals surface area contributed by atoms with Gasteiger partial charge in [-0.3, -0.25) is 14.5 Å². The van der Waals surface area contributed by atoms with Crippen molar-refractivity contribution in [1.29, 1.82) is 0 Å². The molecule has 1 saturated heterocycles. The topological polar surface area (TPSA) is 109 Å².